The number of nitrogens with zero attached hydrogens (tertiary/aromatic N) is 2. The standard InChI is InChI=1S/C22H28N2O3S/c1-17-11-12-18(21(25)24-14-8-13-22(2,3)16-24)15-20(17)23(4)28(26,27)19-9-6-5-7-10-19/h5-7,9-12,15H,8,13-14,16H2,1-4H3. The van der Waals surface area contributed by atoms with E-state index in [1.807, 2.05) is 17.9 Å². The molecule has 1 amide bonds. The van der Waals surface area contributed by atoms with Gasteiger partial charge in [-0.3, -0.25) is 9.10 Å². The number of rotatable bonds is 4. The molecule has 2 aromatic carbocycles. The number of aryl methyl sites for hydroxylation is 1. The summed E-state index contributed by atoms with van der Waals surface area (Å²) >= 11 is 0. The maximum absolute atomic E-state index is 13.1. The molecule has 0 bridgehead atoms. The fourth-order valence-corrected chi connectivity index (χ4v) is 5.01. The quantitative estimate of drug-likeness (QED) is 0.777. The monoisotopic (exact) mass is 400 g/mol. The maximum atomic E-state index is 13.1. The van der Waals surface area contributed by atoms with Gasteiger partial charge in [-0.25, -0.2) is 8.42 Å². The number of hydrogen-bond donors (Lipinski definition) is 0. The third kappa shape index (κ3) is 4.07. The van der Waals surface area contributed by atoms with Gasteiger partial charge in [0.25, 0.3) is 15.9 Å². The Morgan fingerprint density at radius 2 is 1.79 bits per heavy atom. The topological polar surface area (TPSA) is 57.7 Å². The highest BCUT2D eigenvalue weighted by Crippen LogP contribution is 2.31. The van der Waals surface area contributed by atoms with E-state index in [0.717, 1.165) is 24.9 Å². The van der Waals surface area contributed by atoms with Crippen molar-refractivity contribution in [1.82, 2.24) is 4.90 Å². The second kappa shape index (κ2) is 7.59. The lowest BCUT2D eigenvalue weighted by atomic mass is 9.84. The van der Waals surface area contributed by atoms with Crippen molar-refractivity contribution in [2.75, 3.05) is 24.4 Å². The first-order valence-corrected chi connectivity index (χ1v) is 11.0. The first kappa shape index (κ1) is 20.4. The number of hydrogen-bond acceptors (Lipinski definition) is 3. The predicted octanol–water partition coefficient (Wildman–Crippen LogP) is 4.08. The molecule has 2 aromatic rings. The van der Waals surface area contributed by atoms with Crippen molar-refractivity contribution in [3.05, 3.63) is 59.7 Å². The predicted molar refractivity (Wildman–Crippen MR) is 112 cm³/mol. The van der Waals surface area contributed by atoms with Crippen LogP contribution in [-0.2, 0) is 10.0 Å². The summed E-state index contributed by atoms with van der Waals surface area (Å²) < 4.78 is 27.2. The lowest BCUT2D eigenvalue weighted by Crippen LogP contribution is -2.43. The third-order valence-electron chi connectivity index (χ3n) is 5.38. The molecule has 0 radical (unpaired) electrons. The van der Waals surface area contributed by atoms with Gasteiger partial charge in [-0.15, -0.1) is 0 Å². The normalized spacial score (nSPS) is 16.6. The zero-order chi connectivity index (χ0) is 20.5. The van der Waals surface area contributed by atoms with Crippen LogP contribution in [0.25, 0.3) is 0 Å². The molecule has 3 rings (SSSR count). The Balaban J connectivity index is 1.92. The van der Waals surface area contributed by atoms with Crippen LogP contribution in [0, 0.1) is 12.3 Å². The van der Waals surface area contributed by atoms with E-state index >= 15 is 0 Å². The summed E-state index contributed by atoms with van der Waals surface area (Å²) in [6, 6.07) is 13.6. The lowest BCUT2D eigenvalue weighted by molar-refractivity contribution is 0.0583. The van der Waals surface area contributed by atoms with E-state index in [9.17, 15) is 13.2 Å². The summed E-state index contributed by atoms with van der Waals surface area (Å²) in [5.41, 5.74) is 1.95. The maximum Gasteiger partial charge on any atom is 0.264 e. The molecule has 1 fully saturated rings. The second-order valence-corrected chi connectivity index (χ2v) is 10.3. The Kier molecular flexibility index (Phi) is 5.53. The Labute approximate surface area is 168 Å². The summed E-state index contributed by atoms with van der Waals surface area (Å²) in [6.45, 7) is 7.65. The van der Waals surface area contributed by atoms with Gasteiger partial charge in [0.1, 0.15) is 0 Å². The van der Waals surface area contributed by atoms with E-state index in [1.165, 1.54) is 11.4 Å². The highest BCUT2D eigenvalue weighted by atomic mass is 32.2. The van der Waals surface area contributed by atoms with E-state index in [0.29, 0.717) is 17.8 Å². The van der Waals surface area contributed by atoms with Crippen LogP contribution in [0.5, 0.6) is 0 Å². The molecule has 0 aliphatic carbocycles. The zero-order valence-electron chi connectivity index (χ0n) is 17.0. The van der Waals surface area contributed by atoms with Gasteiger partial charge in [0.2, 0.25) is 0 Å². The minimum Gasteiger partial charge on any atom is -0.338 e. The molecule has 0 atom stereocenters. The SMILES string of the molecule is Cc1ccc(C(=O)N2CCCC(C)(C)C2)cc1N(C)S(=O)(=O)c1ccccc1. The Morgan fingerprint density at radius 1 is 1.11 bits per heavy atom. The van der Waals surface area contributed by atoms with Crippen LogP contribution in [0.15, 0.2) is 53.4 Å². The van der Waals surface area contributed by atoms with Crippen molar-refractivity contribution < 1.29 is 13.2 Å². The Bertz CT molecular complexity index is 969. The first-order chi connectivity index (χ1) is 13.1. The molecule has 1 aliphatic rings. The average Bonchev–Trinajstić information content (AvgIpc) is 2.67. The van der Waals surface area contributed by atoms with Gasteiger partial charge in [-0.1, -0.05) is 38.1 Å². The highest BCUT2D eigenvalue weighted by molar-refractivity contribution is 7.92. The van der Waals surface area contributed by atoms with Crippen LogP contribution in [0.3, 0.4) is 0 Å². The molecule has 150 valence electrons. The first-order valence-electron chi connectivity index (χ1n) is 9.56. The number of carbonyl (C=O) groups is 1. The molecule has 1 heterocycles. The molecule has 0 saturated carbocycles. The number of piperidine rings is 1. The molecule has 6 heteroatoms. The molecule has 28 heavy (non-hydrogen) atoms. The fourth-order valence-electron chi connectivity index (χ4n) is 3.74. The van der Waals surface area contributed by atoms with E-state index in [1.54, 1.807) is 42.5 Å². The molecule has 1 saturated heterocycles. The van der Waals surface area contributed by atoms with Crippen molar-refractivity contribution in [3.63, 3.8) is 0 Å². The third-order valence-corrected chi connectivity index (χ3v) is 7.17. The largest absolute Gasteiger partial charge is 0.338 e. The molecule has 0 N–H and O–H groups in total. The number of carbonyl (C=O) groups excluding carboxylic acids is 1. The minimum absolute atomic E-state index is 0.0421. The number of amides is 1. The fraction of sp³-hybridized carbons (Fsp3) is 0.409. The number of anilines is 1. The Morgan fingerprint density at radius 3 is 2.43 bits per heavy atom. The van der Waals surface area contributed by atoms with Crippen molar-refractivity contribution in [2.24, 2.45) is 5.41 Å². The summed E-state index contributed by atoms with van der Waals surface area (Å²) in [7, 11) is -2.16. The summed E-state index contributed by atoms with van der Waals surface area (Å²) in [5, 5.41) is 0. The van der Waals surface area contributed by atoms with Crippen LogP contribution in [0.2, 0.25) is 0 Å². The molecule has 0 aromatic heterocycles. The van der Waals surface area contributed by atoms with Gasteiger partial charge in [0.05, 0.1) is 10.6 Å². The molecular weight excluding hydrogens is 372 g/mol. The summed E-state index contributed by atoms with van der Waals surface area (Å²) in [6.07, 6.45) is 2.09. The summed E-state index contributed by atoms with van der Waals surface area (Å²) in [4.78, 5) is 15.2. The van der Waals surface area contributed by atoms with Crippen molar-refractivity contribution in [3.8, 4) is 0 Å². The van der Waals surface area contributed by atoms with E-state index in [4.69, 9.17) is 0 Å². The van der Waals surface area contributed by atoms with E-state index in [-0.39, 0.29) is 16.2 Å². The van der Waals surface area contributed by atoms with Crippen LogP contribution in [-0.4, -0.2) is 39.4 Å². The Hall–Kier alpha value is -2.34. The van der Waals surface area contributed by atoms with Crippen LogP contribution < -0.4 is 4.31 Å². The van der Waals surface area contributed by atoms with Gasteiger partial charge in [-0.2, -0.15) is 0 Å². The second-order valence-electron chi connectivity index (χ2n) is 8.28. The van der Waals surface area contributed by atoms with Crippen LogP contribution in [0.4, 0.5) is 5.69 Å². The van der Waals surface area contributed by atoms with Gasteiger partial charge < -0.3 is 4.90 Å². The smallest absolute Gasteiger partial charge is 0.264 e. The summed E-state index contributed by atoms with van der Waals surface area (Å²) in [5.74, 6) is -0.0421. The minimum atomic E-state index is -3.69. The van der Waals surface area contributed by atoms with Crippen molar-refractivity contribution in [2.45, 2.75) is 38.5 Å². The molecule has 5 nitrogen and oxygen atoms in total. The number of benzene rings is 2. The van der Waals surface area contributed by atoms with Crippen LogP contribution >= 0.6 is 0 Å². The van der Waals surface area contributed by atoms with Crippen molar-refractivity contribution in [1.29, 1.82) is 0 Å². The number of likely N-dealkylation sites (tertiary alicyclic amines) is 1. The van der Waals surface area contributed by atoms with Gasteiger partial charge >= 0.3 is 0 Å². The van der Waals surface area contributed by atoms with Gasteiger partial charge in [0.15, 0.2) is 0 Å². The molecular formula is C22H28N2O3S. The average molecular weight is 401 g/mol. The number of sulfonamides is 1. The lowest BCUT2D eigenvalue weighted by Gasteiger charge is -2.38. The van der Waals surface area contributed by atoms with Gasteiger partial charge in [0, 0.05) is 25.7 Å². The highest BCUT2D eigenvalue weighted by Gasteiger charge is 2.30. The van der Waals surface area contributed by atoms with Gasteiger partial charge in [-0.05, 0) is 55.0 Å². The molecule has 0 unspecified atom stereocenters. The van der Waals surface area contributed by atoms with Crippen LogP contribution in [0.1, 0.15) is 42.6 Å². The molecule has 0 spiro atoms. The van der Waals surface area contributed by atoms with E-state index in [2.05, 4.69) is 13.8 Å². The molecule has 1 aliphatic heterocycles. The van der Waals surface area contributed by atoms with Crippen molar-refractivity contribution >= 4 is 21.6 Å². The zero-order valence-corrected chi connectivity index (χ0v) is 17.8. The van der Waals surface area contributed by atoms with E-state index < -0.39 is 10.0 Å².